The molecule has 0 aliphatic heterocycles. The number of para-hydroxylation sites is 1. The summed E-state index contributed by atoms with van der Waals surface area (Å²) < 4.78 is 0. The topological polar surface area (TPSA) is 139 Å². The first kappa shape index (κ1) is 24.5. The van der Waals surface area contributed by atoms with Crippen LogP contribution in [0, 0.1) is 0 Å². The van der Waals surface area contributed by atoms with Gasteiger partial charge in [0.15, 0.2) is 0 Å². The molecule has 0 spiro atoms. The summed E-state index contributed by atoms with van der Waals surface area (Å²) in [4.78, 5) is 49.2. The number of amides is 3. The normalized spacial score (nSPS) is 11.3. The Morgan fingerprint density at radius 1 is 0.882 bits per heavy atom. The third-order valence-electron chi connectivity index (χ3n) is 4.89. The summed E-state index contributed by atoms with van der Waals surface area (Å²) in [7, 11) is 0. The van der Waals surface area contributed by atoms with Crippen LogP contribution in [-0.4, -0.2) is 34.0 Å². The van der Waals surface area contributed by atoms with Crippen molar-refractivity contribution >= 4 is 46.8 Å². The predicted octanol–water partition coefficient (Wildman–Crippen LogP) is 4.25. The second kappa shape index (κ2) is 11.2. The van der Waals surface area contributed by atoms with E-state index in [1.165, 1.54) is 23.9 Å². The lowest BCUT2D eigenvalue weighted by atomic mass is 10.1. The molecule has 0 aliphatic carbocycles. The zero-order chi connectivity index (χ0) is 24.7. The van der Waals surface area contributed by atoms with E-state index in [0.29, 0.717) is 17.8 Å². The van der Waals surface area contributed by atoms with E-state index >= 15 is 0 Å². The van der Waals surface area contributed by atoms with Crippen molar-refractivity contribution in [1.29, 1.82) is 0 Å². The Morgan fingerprint density at radius 3 is 2.18 bits per heavy atom. The third kappa shape index (κ3) is 6.02. The highest BCUT2D eigenvalue weighted by atomic mass is 32.2. The summed E-state index contributed by atoms with van der Waals surface area (Å²) in [6.45, 7) is 1.87. The summed E-state index contributed by atoms with van der Waals surface area (Å²) in [5.41, 5.74) is 6.37. The van der Waals surface area contributed by atoms with Gasteiger partial charge in [-0.1, -0.05) is 37.3 Å². The van der Waals surface area contributed by atoms with Gasteiger partial charge in [0.25, 0.3) is 11.8 Å². The number of nitrogens with one attached hydrogen (secondary N) is 2. The zero-order valence-electron chi connectivity index (χ0n) is 18.3. The van der Waals surface area contributed by atoms with Crippen LogP contribution in [0.15, 0.2) is 77.7 Å². The lowest BCUT2D eigenvalue weighted by Crippen LogP contribution is -2.26. The largest absolute Gasteiger partial charge is 0.478 e. The molecule has 3 aromatic rings. The van der Waals surface area contributed by atoms with Gasteiger partial charge in [0.2, 0.25) is 5.91 Å². The molecule has 0 aromatic heterocycles. The van der Waals surface area contributed by atoms with Crippen LogP contribution in [-0.2, 0) is 4.79 Å². The molecular weight excluding hydrogens is 454 g/mol. The van der Waals surface area contributed by atoms with Crippen molar-refractivity contribution in [1.82, 2.24) is 0 Å². The fourth-order valence-electron chi connectivity index (χ4n) is 3.22. The highest BCUT2D eigenvalue weighted by molar-refractivity contribution is 8.00. The number of thioether (sulfide) groups is 1. The van der Waals surface area contributed by atoms with Gasteiger partial charge in [-0.15, -0.1) is 11.8 Å². The number of nitrogens with two attached hydrogens (primary N) is 1. The Bertz CT molecular complexity index is 1240. The van der Waals surface area contributed by atoms with Gasteiger partial charge >= 0.3 is 5.97 Å². The molecule has 0 heterocycles. The van der Waals surface area contributed by atoms with Crippen molar-refractivity contribution < 1.29 is 24.3 Å². The maximum Gasteiger partial charge on any atom is 0.336 e. The molecule has 174 valence electrons. The molecule has 0 bridgehead atoms. The lowest BCUT2D eigenvalue weighted by molar-refractivity contribution is -0.115. The quantitative estimate of drug-likeness (QED) is 0.340. The Kier molecular flexibility index (Phi) is 8.05. The van der Waals surface area contributed by atoms with E-state index in [0.717, 1.165) is 4.90 Å². The van der Waals surface area contributed by atoms with Crippen LogP contribution >= 0.6 is 11.8 Å². The van der Waals surface area contributed by atoms with E-state index in [4.69, 9.17) is 5.73 Å². The van der Waals surface area contributed by atoms with Gasteiger partial charge in [-0.3, -0.25) is 14.4 Å². The Morgan fingerprint density at radius 2 is 1.53 bits per heavy atom. The average Bonchev–Trinajstić information content (AvgIpc) is 2.82. The van der Waals surface area contributed by atoms with Crippen LogP contribution in [0.3, 0.4) is 0 Å². The second-order valence-electron chi connectivity index (χ2n) is 7.25. The molecular formula is C25H23N3O5S. The standard InChI is InChI=1S/C25H23N3O5S/c1-2-21(24(31)28-20-13-6-5-12-19(20)22(26)29)34-16-9-7-8-15(14-16)27-23(30)17-10-3-4-11-18(17)25(32)33/h3-14,21H,2H2,1H3,(H2,26,29)(H,27,30)(H,28,31)(H,32,33). The molecule has 1 unspecified atom stereocenters. The number of rotatable bonds is 9. The van der Waals surface area contributed by atoms with Crippen LogP contribution in [0.1, 0.15) is 44.4 Å². The molecule has 5 N–H and O–H groups in total. The molecule has 9 heteroatoms. The molecule has 3 aromatic carbocycles. The number of benzene rings is 3. The number of hydrogen-bond acceptors (Lipinski definition) is 5. The molecule has 0 saturated heterocycles. The first-order valence-corrected chi connectivity index (χ1v) is 11.3. The molecule has 0 radical (unpaired) electrons. The number of carbonyl (C=O) groups is 4. The molecule has 0 aliphatic rings. The smallest absolute Gasteiger partial charge is 0.336 e. The van der Waals surface area contributed by atoms with Crippen molar-refractivity contribution in [2.24, 2.45) is 5.73 Å². The second-order valence-corrected chi connectivity index (χ2v) is 8.52. The van der Waals surface area contributed by atoms with Gasteiger partial charge in [-0.05, 0) is 48.9 Å². The molecule has 8 nitrogen and oxygen atoms in total. The zero-order valence-corrected chi connectivity index (χ0v) is 19.1. The Hall–Kier alpha value is -4.11. The van der Waals surface area contributed by atoms with Gasteiger partial charge in [-0.2, -0.15) is 0 Å². The average molecular weight is 478 g/mol. The van der Waals surface area contributed by atoms with Crippen molar-refractivity contribution in [3.8, 4) is 0 Å². The fourth-order valence-corrected chi connectivity index (χ4v) is 4.23. The first-order chi connectivity index (χ1) is 16.3. The van der Waals surface area contributed by atoms with Crippen molar-refractivity contribution in [2.45, 2.75) is 23.5 Å². The fraction of sp³-hybridized carbons (Fsp3) is 0.120. The number of aromatic carboxylic acids is 1. The molecule has 1 atom stereocenters. The highest BCUT2D eigenvalue weighted by Crippen LogP contribution is 2.29. The maximum absolute atomic E-state index is 12.9. The Balaban J connectivity index is 1.73. The molecule has 0 fully saturated rings. The minimum absolute atomic E-state index is 0.0481. The van der Waals surface area contributed by atoms with Gasteiger partial charge in [0.05, 0.1) is 27.6 Å². The molecule has 3 rings (SSSR count). The number of hydrogen-bond donors (Lipinski definition) is 4. The summed E-state index contributed by atoms with van der Waals surface area (Å²) in [6.07, 6.45) is 0.512. The summed E-state index contributed by atoms with van der Waals surface area (Å²) in [5.74, 6) is -2.66. The number of carboxylic acid groups (broad SMARTS) is 1. The maximum atomic E-state index is 12.9. The Labute approximate surface area is 200 Å². The van der Waals surface area contributed by atoms with Crippen LogP contribution in [0.2, 0.25) is 0 Å². The van der Waals surface area contributed by atoms with Gasteiger partial charge in [0, 0.05) is 10.6 Å². The first-order valence-electron chi connectivity index (χ1n) is 10.4. The summed E-state index contributed by atoms with van der Waals surface area (Å²) in [6, 6.07) is 19.4. The van der Waals surface area contributed by atoms with Crippen molar-refractivity contribution in [2.75, 3.05) is 10.6 Å². The van der Waals surface area contributed by atoms with E-state index in [9.17, 15) is 24.3 Å². The van der Waals surface area contributed by atoms with E-state index in [1.54, 1.807) is 60.7 Å². The van der Waals surface area contributed by atoms with Crippen molar-refractivity contribution in [3.05, 3.63) is 89.5 Å². The van der Waals surface area contributed by atoms with E-state index in [-0.39, 0.29) is 22.6 Å². The highest BCUT2D eigenvalue weighted by Gasteiger charge is 2.21. The number of primary amides is 1. The van der Waals surface area contributed by atoms with E-state index in [2.05, 4.69) is 10.6 Å². The van der Waals surface area contributed by atoms with Gasteiger partial charge < -0.3 is 21.5 Å². The number of carboxylic acids is 1. The van der Waals surface area contributed by atoms with Crippen LogP contribution in [0.25, 0.3) is 0 Å². The molecule has 34 heavy (non-hydrogen) atoms. The number of carbonyl (C=O) groups excluding carboxylic acids is 3. The van der Waals surface area contributed by atoms with Crippen molar-refractivity contribution in [3.63, 3.8) is 0 Å². The minimum Gasteiger partial charge on any atom is -0.478 e. The predicted molar refractivity (Wildman–Crippen MR) is 131 cm³/mol. The molecule has 0 saturated carbocycles. The minimum atomic E-state index is -1.19. The van der Waals surface area contributed by atoms with E-state index < -0.39 is 23.0 Å². The van der Waals surface area contributed by atoms with E-state index in [1.807, 2.05) is 6.92 Å². The summed E-state index contributed by atoms with van der Waals surface area (Å²) >= 11 is 1.30. The monoisotopic (exact) mass is 477 g/mol. The summed E-state index contributed by atoms with van der Waals surface area (Å²) in [5, 5.41) is 14.3. The molecule has 3 amide bonds. The van der Waals surface area contributed by atoms with Crippen LogP contribution in [0.5, 0.6) is 0 Å². The lowest BCUT2D eigenvalue weighted by Gasteiger charge is -2.16. The van der Waals surface area contributed by atoms with Gasteiger partial charge in [-0.25, -0.2) is 4.79 Å². The number of anilines is 2. The van der Waals surface area contributed by atoms with Gasteiger partial charge in [0.1, 0.15) is 0 Å². The van der Waals surface area contributed by atoms with Crippen LogP contribution < -0.4 is 16.4 Å². The van der Waals surface area contributed by atoms with Crippen LogP contribution in [0.4, 0.5) is 11.4 Å². The SMILES string of the molecule is CCC(Sc1cccc(NC(=O)c2ccccc2C(=O)O)c1)C(=O)Nc1ccccc1C(N)=O. The third-order valence-corrected chi connectivity index (χ3v) is 6.24.